The van der Waals surface area contributed by atoms with Crippen molar-refractivity contribution in [2.75, 3.05) is 20.2 Å². The Bertz CT molecular complexity index is 431. The number of hydrogen-bond acceptors (Lipinski definition) is 6. The highest BCUT2D eigenvalue weighted by Crippen LogP contribution is 2.19. The Morgan fingerprint density at radius 2 is 2.37 bits per heavy atom. The maximum atomic E-state index is 11.6. The zero-order chi connectivity index (χ0) is 13.8. The summed E-state index contributed by atoms with van der Waals surface area (Å²) in [6.07, 6.45) is 1.88. The molecule has 106 valence electrons. The van der Waals surface area contributed by atoms with Gasteiger partial charge in [-0.15, -0.1) is 0 Å². The smallest absolute Gasteiger partial charge is 0.309 e. The third-order valence-corrected chi connectivity index (χ3v) is 3.40. The minimum Gasteiger partial charge on any atom is -0.469 e. The molecule has 2 heterocycles. The summed E-state index contributed by atoms with van der Waals surface area (Å²) < 4.78 is 10.0. The number of methoxy groups -OCH3 is 1. The molecule has 2 rings (SSSR count). The van der Waals surface area contributed by atoms with Crippen LogP contribution in [-0.4, -0.2) is 41.2 Å². The van der Waals surface area contributed by atoms with Gasteiger partial charge in [-0.1, -0.05) is 19.0 Å². The van der Waals surface area contributed by atoms with E-state index in [2.05, 4.69) is 15.0 Å². The van der Waals surface area contributed by atoms with Gasteiger partial charge in [-0.3, -0.25) is 9.69 Å². The highest BCUT2D eigenvalue weighted by molar-refractivity contribution is 5.72. The van der Waals surface area contributed by atoms with Gasteiger partial charge >= 0.3 is 5.97 Å². The Morgan fingerprint density at radius 1 is 1.58 bits per heavy atom. The molecule has 0 spiro atoms. The zero-order valence-electron chi connectivity index (χ0n) is 11.8. The second-order valence-electron chi connectivity index (χ2n) is 5.30. The third kappa shape index (κ3) is 3.53. The van der Waals surface area contributed by atoms with Crippen LogP contribution in [0.2, 0.25) is 0 Å². The maximum Gasteiger partial charge on any atom is 0.309 e. The fourth-order valence-corrected chi connectivity index (χ4v) is 2.32. The number of rotatable bonds is 4. The maximum absolute atomic E-state index is 11.6. The molecule has 1 aliphatic heterocycles. The molecule has 1 aliphatic rings. The molecule has 0 amide bonds. The molecule has 1 aromatic rings. The molecule has 0 radical (unpaired) electrons. The molecule has 6 nitrogen and oxygen atoms in total. The molecule has 1 saturated heterocycles. The highest BCUT2D eigenvalue weighted by atomic mass is 16.5. The molecular formula is C13H21N3O3. The number of carbonyl (C=O) groups is 1. The molecule has 0 aliphatic carbocycles. The van der Waals surface area contributed by atoms with Crippen LogP contribution in [0.3, 0.4) is 0 Å². The van der Waals surface area contributed by atoms with E-state index >= 15 is 0 Å². The van der Waals surface area contributed by atoms with Crippen LogP contribution < -0.4 is 0 Å². The quantitative estimate of drug-likeness (QED) is 0.771. The Kier molecular flexibility index (Phi) is 4.52. The van der Waals surface area contributed by atoms with E-state index in [0.717, 1.165) is 25.2 Å². The first kappa shape index (κ1) is 14.0. The van der Waals surface area contributed by atoms with Gasteiger partial charge in [0, 0.05) is 12.5 Å². The third-order valence-electron chi connectivity index (χ3n) is 3.40. The number of ether oxygens (including phenoxy) is 1. The minimum atomic E-state index is -0.127. The Balaban J connectivity index is 1.92. The summed E-state index contributed by atoms with van der Waals surface area (Å²) in [4.78, 5) is 18.1. The van der Waals surface area contributed by atoms with E-state index in [1.807, 2.05) is 13.8 Å². The van der Waals surface area contributed by atoms with Gasteiger partial charge in [0.25, 0.3) is 0 Å². The van der Waals surface area contributed by atoms with Crippen LogP contribution in [0.4, 0.5) is 0 Å². The Morgan fingerprint density at radius 3 is 3.00 bits per heavy atom. The first-order valence-electron chi connectivity index (χ1n) is 6.72. The molecule has 6 heteroatoms. The summed E-state index contributed by atoms with van der Waals surface area (Å²) in [5.74, 6) is 1.46. The van der Waals surface area contributed by atoms with E-state index in [-0.39, 0.29) is 17.8 Å². The largest absolute Gasteiger partial charge is 0.469 e. The van der Waals surface area contributed by atoms with Crippen LogP contribution in [0.25, 0.3) is 0 Å². The van der Waals surface area contributed by atoms with Crippen molar-refractivity contribution < 1.29 is 14.1 Å². The van der Waals surface area contributed by atoms with E-state index in [0.29, 0.717) is 19.0 Å². The van der Waals surface area contributed by atoms with Crippen molar-refractivity contribution in [2.24, 2.45) is 5.92 Å². The van der Waals surface area contributed by atoms with Crippen LogP contribution in [0, 0.1) is 5.92 Å². The molecular weight excluding hydrogens is 246 g/mol. The molecule has 1 unspecified atom stereocenters. The van der Waals surface area contributed by atoms with Gasteiger partial charge in [-0.25, -0.2) is 0 Å². The number of likely N-dealkylation sites (tertiary alicyclic amines) is 1. The highest BCUT2D eigenvalue weighted by Gasteiger charge is 2.27. The summed E-state index contributed by atoms with van der Waals surface area (Å²) in [6.45, 7) is 6.32. The lowest BCUT2D eigenvalue weighted by atomic mass is 9.98. The fraction of sp³-hybridized carbons (Fsp3) is 0.769. The van der Waals surface area contributed by atoms with Crippen molar-refractivity contribution in [1.29, 1.82) is 0 Å². The summed E-state index contributed by atoms with van der Waals surface area (Å²) >= 11 is 0. The monoisotopic (exact) mass is 267 g/mol. The molecule has 0 bridgehead atoms. The van der Waals surface area contributed by atoms with Gasteiger partial charge in [-0.2, -0.15) is 4.98 Å². The zero-order valence-corrected chi connectivity index (χ0v) is 11.8. The summed E-state index contributed by atoms with van der Waals surface area (Å²) in [5.41, 5.74) is 0. The van der Waals surface area contributed by atoms with Crippen molar-refractivity contribution in [1.82, 2.24) is 15.0 Å². The lowest BCUT2D eigenvalue weighted by Gasteiger charge is -2.29. The SMILES string of the molecule is COC(=O)C1CCCN(Cc2nc(C(C)C)no2)C1. The number of hydrogen-bond donors (Lipinski definition) is 0. The van der Waals surface area contributed by atoms with Crippen LogP contribution in [0.1, 0.15) is 44.3 Å². The van der Waals surface area contributed by atoms with E-state index in [1.54, 1.807) is 0 Å². The first-order chi connectivity index (χ1) is 9.10. The van der Waals surface area contributed by atoms with Crippen molar-refractivity contribution in [3.05, 3.63) is 11.7 Å². The van der Waals surface area contributed by atoms with Gasteiger partial charge in [0.15, 0.2) is 5.82 Å². The van der Waals surface area contributed by atoms with Gasteiger partial charge < -0.3 is 9.26 Å². The predicted molar refractivity (Wildman–Crippen MR) is 68.4 cm³/mol. The van der Waals surface area contributed by atoms with E-state index in [9.17, 15) is 4.79 Å². The van der Waals surface area contributed by atoms with Crippen LogP contribution >= 0.6 is 0 Å². The number of aromatic nitrogens is 2. The van der Waals surface area contributed by atoms with Gasteiger partial charge in [0.05, 0.1) is 19.6 Å². The minimum absolute atomic E-state index is 0.0359. The van der Waals surface area contributed by atoms with E-state index < -0.39 is 0 Å². The number of nitrogens with zero attached hydrogens (tertiary/aromatic N) is 3. The normalized spacial score (nSPS) is 20.7. The van der Waals surface area contributed by atoms with E-state index in [4.69, 9.17) is 9.26 Å². The second-order valence-corrected chi connectivity index (χ2v) is 5.30. The number of esters is 1. The molecule has 1 fully saturated rings. The van der Waals surface area contributed by atoms with Crippen LogP contribution in [-0.2, 0) is 16.1 Å². The van der Waals surface area contributed by atoms with Gasteiger partial charge in [-0.05, 0) is 19.4 Å². The molecule has 0 N–H and O–H groups in total. The van der Waals surface area contributed by atoms with E-state index in [1.165, 1.54) is 7.11 Å². The fourth-order valence-electron chi connectivity index (χ4n) is 2.32. The van der Waals surface area contributed by atoms with Gasteiger partial charge in [0.1, 0.15) is 0 Å². The van der Waals surface area contributed by atoms with Crippen LogP contribution in [0.15, 0.2) is 4.52 Å². The molecule has 0 aromatic carbocycles. The Hall–Kier alpha value is -1.43. The van der Waals surface area contributed by atoms with Crippen molar-refractivity contribution in [3.8, 4) is 0 Å². The first-order valence-corrected chi connectivity index (χ1v) is 6.72. The predicted octanol–water partition coefficient (Wildman–Crippen LogP) is 1.58. The van der Waals surface area contributed by atoms with Crippen molar-refractivity contribution in [2.45, 2.75) is 39.2 Å². The lowest BCUT2D eigenvalue weighted by molar-refractivity contribution is -0.147. The van der Waals surface area contributed by atoms with Crippen molar-refractivity contribution >= 4 is 5.97 Å². The van der Waals surface area contributed by atoms with Crippen molar-refractivity contribution in [3.63, 3.8) is 0 Å². The average molecular weight is 267 g/mol. The summed E-state index contributed by atoms with van der Waals surface area (Å²) in [7, 11) is 1.44. The lowest BCUT2D eigenvalue weighted by Crippen LogP contribution is -2.38. The Labute approximate surface area is 113 Å². The molecule has 0 saturated carbocycles. The molecule has 19 heavy (non-hydrogen) atoms. The van der Waals surface area contributed by atoms with Gasteiger partial charge in [0.2, 0.25) is 5.89 Å². The molecule has 1 aromatic heterocycles. The molecule has 1 atom stereocenters. The summed E-state index contributed by atoms with van der Waals surface area (Å²) in [6, 6.07) is 0. The summed E-state index contributed by atoms with van der Waals surface area (Å²) in [5, 5.41) is 3.95. The topological polar surface area (TPSA) is 68.5 Å². The number of carbonyl (C=O) groups excluding carboxylic acids is 1. The number of piperidine rings is 1. The standard InChI is InChI=1S/C13H21N3O3/c1-9(2)12-14-11(19-15-12)8-16-6-4-5-10(7-16)13(17)18-3/h9-10H,4-8H2,1-3H3. The second kappa shape index (κ2) is 6.14. The average Bonchev–Trinajstić information content (AvgIpc) is 2.87. The van der Waals surface area contributed by atoms with Crippen LogP contribution in [0.5, 0.6) is 0 Å².